The van der Waals surface area contributed by atoms with Crippen LogP contribution >= 0.6 is 0 Å². The summed E-state index contributed by atoms with van der Waals surface area (Å²) < 4.78 is 1.48. The maximum absolute atomic E-state index is 11.6. The number of allylic oxidation sites excluding steroid dienone is 1. The molecule has 1 aromatic heterocycles. The van der Waals surface area contributed by atoms with E-state index >= 15 is 0 Å². The number of fused-ring (bicyclic) bond motifs is 1. The van der Waals surface area contributed by atoms with Crippen molar-refractivity contribution in [2.75, 3.05) is 6.54 Å². The zero-order chi connectivity index (χ0) is 11.0. The molecule has 2 heterocycles. The van der Waals surface area contributed by atoms with Crippen LogP contribution < -0.4 is 5.32 Å². The number of hydrogen-bond donors (Lipinski definition) is 2. The zero-order valence-electron chi connectivity index (χ0n) is 8.50. The summed E-state index contributed by atoms with van der Waals surface area (Å²) in [4.78, 5) is 11.6. The SMILES string of the molecule is C=CC(=N)n1nc(C)c2c1CCNC2=O. The third-order valence-electron chi connectivity index (χ3n) is 2.45. The van der Waals surface area contributed by atoms with Crippen LogP contribution in [0.4, 0.5) is 0 Å². The lowest BCUT2D eigenvalue weighted by atomic mass is 10.1. The molecule has 0 unspecified atom stereocenters. The highest BCUT2D eigenvalue weighted by Crippen LogP contribution is 2.17. The van der Waals surface area contributed by atoms with E-state index in [0.29, 0.717) is 24.2 Å². The first-order valence-corrected chi connectivity index (χ1v) is 4.73. The van der Waals surface area contributed by atoms with Crippen LogP contribution in [0.25, 0.3) is 0 Å². The van der Waals surface area contributed by atoms with Crippen molar-refractivity contribution in [1.82, 2.24) is 15.1 Å². The van der Waals surface area contributed by atoms with Crippen LogP contribution in [-0.2, 0) is 6.42 Å². The second kappa shape index (κ2) is 3.34. The molecule has 0 radical (unpaired) electrons. The van der Waals surface area contributed by atoms with Crippen LogP contribution in [0.15, 0.2) is 12.7 Å². The van der Waals surface area contributed by atoms with E-state index in [1.807, 2.05) is 0 Å². The van der Waals surface area contributed by atoms with Gasteiger partial charge in [0.1, 0.15) is 5.84 Å². The molecular weight excluding hydrogens is 192 g/mol. The molecule has 15 heavy (non-hydrogen) atoms. The van der Waals surface area contributed by atoms with Crippen LogP contribution in [0.3, 0.4) is 0 Å². The predicted octanol–water partition coefficient (Wildman–Crippen LogP) is 0.489. The fraction of sp³-hybridized carbons (Fsp3) is 0.300. The second-order valence-corrected chi connectivity index (χ2v) is 3.41. The van der Waals surface area contributed by atoms with Gasteiger partial charge in [-0.3, -0.25) is 10.2 Å². The van der Waals surface area contributed by atoms with E-state index < -0.39 is 0 Å². The van der Waals surface area contributed by atoms with Crippen molar-refractivity contribution >= 4 is 11.7 Å². The zero-order valence-corrected chi connectivity index (χ0v) is 8.50. The molecular formula is C10H12N4O. The number of carbonyl (C=O) groups excluding carboxylic acids is 1. The molecule has 2 N–H and O–H groups in total. The lowest BCUT2D eigenvalue weighted by molar-refractivity contribution is 0.0945. The average molecular weight is 204 g/mol. The molecule has 0 fully saturated rings. The summed E-state index contributed by atoms with van der Waals surface area (Å²) in [5.74, 6) is 0.103. The number of hydrogen-bond acceptors (Lipinski definition) is 3. The van der Waals surface area contributed by atoms with Crippen LogP contribution in [0.2, 0.25) is 0 Å². The topological polar surface area (TPSA) is 70.8 Å². The highest BCUT2D eigenvalue weighted by molar-refractivity contribution is 6.00. The summed E-state index contributed by atoms with van der Waals surface area (Å²) in [7, 11) is 0. The van der Waals surface area contributed by atoms with E-state index in [9.17, 15) is 4.79 Å². The van der Waals surface area contributed by atoms with E-state index in [1.165, 1.54) is 10.8 Å². The number of aromatic nitrogens is 2. The third kappa shape index (κ3) is 1.36. The highest BCUT2D eigenvalue weighted by atomic mass is 16.1. The lowest BCUT2D eigenvalue weighted by Crippen LogP contribution is -2.33. The van der Waals surface area contributed by atoms with Crippen LogP contribution in [0.1, 0.15) is 21.7 Å². The second-order valence-electron chi connectivity index (χ2n) is 3.41. The van der Waals surface area contributed by atoms with Gasteiger partial charge in [0.2, 0.25) is 0 Å². The van der Waals surface area contributed by atoms with Crippen molar-refractivity contribution in [2.45, 2.75) is 13.3 Å². The molecule has 5 nitrogen and oxygen atoms in total. The number of aryl methyl sites for hydroxylation is 1. The predicted molar refractivity (Wildman–Crippen MR) is 56.3 cm³/mol. The summed E-state index contributed by atoms with van der Waals surface area (Å²) in [6.07, 6.45) is 2.12. The van der Waals surface area contributed by atoms with Crippen LogP contribution in [-0.4, -0.2) is 28.1 Å². The Morgan fingerprint density at radius 2 is 2.47 bits per heavy atom. The standard InChI is InChI=1S/C10H12N4O/c1-3-8(11)14-7-4-5-12-10(15)9(7)6(2)13-14/h3,11H,1,4-5H2,2H3,(H,12,15). The number of rotatable bonds is 1. The van der Waals surface area contributed by atoms with Crippen LogP contribution in [0.5, 0.6) is 0 Å². The molecule has 0 atom stereocenters. The van der Waals surface area contributed by atoms with Gasteiger partial charge in [0.25, 0.3) is 5.91 Å². The molecule has 1 amide bonds. The number of amides is 1. The quantitative estimate of drug-likeness (QED) is 0.516. The first-order valence-electron chi connectivity index (χ1n) is 4.73. The third-order valence-corrected chi connectivity index (χ3v) is 2.45. The minimum atomic E-state index is -0.100. The number of nitrogens with one attached hydrogen (secondary N) is 2. The minimum Gasteiger partial charge on any atom is -0.352 e. The average Bonchev–Trinajstić information content (AvgIpc) is 2.56. The van der Waals surface area contributed by atoms with Crippen molar-refractivity contribution in [2.24, 2.45) is 0 Å². The van der Waals surface area contributed by atoms with Crippen molar-refractivity contribution in [3.63, 3.8) is 0 Å². The summed E-state index contributed by atoms with van der Waals surface area (Å²) in [5.41, 5.74) is 2.07. The molecule has 78 valence electrons. The van der Waals surface area contributed by atoms with Gasteiger partial charge in [-0.2, -0.15) is 5.10 Å². The van der Waals surface area contributed by atoms with Crippen LogP contribution in [0, 0.1) is 12.3 Å². The molecule has 2 rings (SSSR count). The molecule has 1 aliphatic heterocycles. The van der Waals surface area contributed by atoms with Gasteiger partial charge in [0, 0.05) is 13.0 Å². The number of carbonyl (C=O) groups is 1. The summed E-state index contributed by atoms with van der Waals surface area (Å²) in [6.45, 7) is 5.90. The molecule has 5 heteroatoms. The Morgan fingerprint density at radius 3 is 3.13 bits per heavy atom. The summed E-state index contributed by atoms with van der Waals surface area (Å²) >= 11 is 0. The van der Waals surface area contributed by atoms with E-state index in [4.69, 9.17) is 5.41 Å². The van der Waals surface area contributed by atoms with E-state index in [-0.39, 0.29) is 11.7 Å². The van der Waals surface area contributed by atoms with E-state index in [2.05, 4.69) is 17.0 Å². The van der Waals surface area contributed by atoms with Gasteiger partial charge in [-0.05, 0) is 13.0 Å². The molecule has 0 aromatic carbocycles. The summed E-state index contributed by atoms with van der Waals surface area (Å²) in [6, 6.07) is 0. The summed E-state index contributed by atoms with van der Waals surface area (Å²) in [5, 5.41) is 14.6. The highest BCUT2D eigenvalue weighted by Gasteiger charge is 2.25. The fourth-order valence-electron chi connectivity index (χ4n) is 1.77. The Balaban J connectivity index is 2.60. The van der Waals surface area contributed by atoms with Gasteiger partial charge in [-0.1, -0.05) is 6.58 Å². The first-order chi connectivity index (χ1) is 7.15. The maximum atomic E-state index is 11.6. The fourth-order valence-corrected chi connectivity index (χ4v) is 1.77. The smallest absolute Gasteiger partial charge is 0.255 e. The first kappa shape index (κ1) is 9.64. The Hall–Kier alpha value is -1.91. The lowest BCUT2D eigenvalue weighted by Gasteiger charge is -2.14. The van der Waals surface area contributed by atoms with Crippen molar-refractivity contribution < 1.29 is 4.79 Å². The Labute approximate surface area is 87.3 Å². The monoisotopic (exact) mass is 204 g/mol. The van der Waals surface area contributed by atoms with Gasteiger partial charge in [-0.25, -0.2) is 4.68 Å². The van der Waals surface area contributed by atoms with Gasteiger partial charge < -0.3 is 5.32 Å². The van der Waals surface area contributed by atoms with Crippen molar-refractivity contribution in [3.8, 4) is 0 Å². The Bertz CT molecular complexity index is 458. The molecule has 0 spiro atoms. The minimum absolute atomic E-state index is 0.100. The Morgan fingerprint density at radius 1 is 1.73 bits per heavy atom. The van der Waals surface area contributed by atoms with Gasteiger partial charge >= 0.3 is 0 Å². The van der Waals surface area contributed by atoms with E-state index in [1.54, 1.807) is 6.92 Å². The molecule has 0 aliphatic carbocycles. The van der Waals surface area contributed by atoms with E-state index in [0.717, 1.165) is 5.69 Å². The van der Waals surface area contributed by atoms with Crippen molar-refractivity contribution in [3.05, 3.63) is 29.6 Å². The molecule has 0 saturated carbocycles. The molecule has 1 aliphatic rings. The number of nitrogens with zero attached hydrogens (tertiary/aromatic N) is 2. The largest absolute Gasteiger partial charge is 0.352 e. The van der Waals surface area contributed by atoms with Gasteiger partial charge in [0.15, 0.2) is 0 Å². The van der Waals surface area contributed by atoms with Gasteiger partial charge in [0.05, 0.1) is 17.0 Å². The normalized spacial score (nSPS) is 14.3. The molecule has 1 aromatic rings. The van der Waals surface area contributed by atoms with Gasteiger partial charge in [-0.15, -0.1) is 0 Å². The molecule has 0 bridgehead atoms. The maximum Gasteiger partial charge on any atom is 0.255 e. The Kier molecular flexibility index (Phi) is 2.15. The van der Waals surface area contributed by atoms with Crippen molar-refractivity contribution in [1.29, 1.82) is 5.41 Å². The molecule has 0 saturated heterocycles.